The Morgan fingerprint density at radius 2 is 1.03 bits per heavy atom. The number of allylic oxidation sites excluding steroid dienone is 2. The highest BCUT2D eigenvalue weighted by atomic mass is 16.4. The summed E-state index contributed by atoms with van der Waals surface area (Å²) in [7, 11) is 0. The maximum absolute atomic E-state index is 11.1. The molecule has 0 rings (SSSR count). The Morgan fingerprint density at radius 3 is 1.47 bits per heavy atom. The minimum atomic E-state index is -1.18. The van der Waals surface area contributed by atoms with E-state index in [4.69, 9.17) is 10.2 Å². The average molecular weight is 484 g/mol. The molecule has 0 heterocycles. The number of nitrogens with zero attached hydrogens (tertiary/aromatic N) is 1. The first-order chi connectivity index (χ1) is 16.3. The standard InChI is InChI=1S/C27H49NO6/c1-2-3-4-5-6-7-8-9-10-11-12-13-14-15-16-17-21-28(22-18-25(29)30,23-19-26(31)32)24-20-27(33)34/h4-5H,2-3,6-24H2,1H3,(H2-,29,30,31,32,33,34)/b5-4+. The van der Waals surface area contributed by atoms with Gasteiger partial charge in [-0.2, -0.15) is 0 Å². The lowest BCUT2D eigenvalue weighted by atomic mass is 10.0. The number of unbranched alkanes of at least 4 members (excludes halogenated alkanes) is 12. The van der Waals surface area contributed by atoms with Crippen LogP contribution in [0.2, 0.25) is 0 Å². The highest BCUT2D eigenvalue weighted by Crippen LogP contribution is 2.17. The van der Waals surface area contributed by atoms with Crippen LogP contribution >= 0.6 is 0 Å². The van der Waals surface area contributed by atoms with Crippen LogP contribution in [0.15, 0.2) is 12.2 Å². The molecule has 7 heteroatoms. The third kappa shape index (κ3) is 20.7. The van der Waals surface area contributed by atoms with E-state index in [1.165, 1.54) is 70.6 Å². The van der Waals surface area contributed by atoms with Crippen LogP contribution in [0.25, 0.3) is 0 Å². The van der Waals surface area contributed by atoms with E-state index in [2.05, 4.69) is 19.1 Å². The van der Waals surface area contributed by atoms with Crippen molar-refractivity contribution < 1.29 is 34.2 Å². The van der Waals surface area contributed by atoms with Crippen LogP contribution in [0.1, 0.15) is 116 Å². The van der Waals surface area contributed by atoms with Gasteiger partial charge in [0.2, 0.25) is 0 Å². The number of hydrogen-bond acceptors (Lipinski definition) is 4. The summed E-state index contributed by atoms with van der Waals surface area (Å²) in [5.41, 5.74) is 0. The number of quaternary nitrogens is 1. The molecule has 0 aromatic heterocycles. The van der Waals surface area contributed by atoms with Crippen molar-refractivity contribution in [1.82, 2.24) is 0 Å². The third-order valence-electron chi connectivity index (χ3n) is 6.52. The highest BCUT2D eigenvalue weighted by Gasteiger charge is 2.28. The summed E-state index contributed by atoms with van der Waals surface area (Å²) in [6.07, 6.45) is 21.0. The van der Waals surface area contributed by atoms with E-state index in [9.17, 15) is 19.5 Å². The molecule has 0 radical (unpaired) electrons. The van der Waals surface area contributed by atoms with Crippen molar-refractivity contribution >= 4 is 17.9 Å². The smallest absolute Gasteiger partial charge is 0.309 e. The fraction of sp³-hybridized carbons (Fsp3) is 0.815. The van der Waals surface area contributed by atoms with Crippen molar-refractivity contribution in [2.45, 2.75) is 116 Å². The van der Waals surface area contributed by atoms with E-state index in [0.717, 1.165) is 19.3 Å². The predicted molar refractivity (Wildman–Crippen MR) is 133 cm³/mol. The summed E-state index contributed by atoms with van der Waals surface area (Å²) < 4.78 is 0.223. The molecular formula is C27H49NO6. The second kappa shape index (κ2) is 21.6. The number of carboxylic acid groups (broad SMARTS) is 3. The molecule has 0 saturated heterocycles. The van der Waals surface area contributed by atoms with Gasteiger partial charge in [0.05, 0.1) is 39.0 Å². The molecular weight excluding hydrogens is 434 g/mol. The van der Waals surface area contributed by atoms with E-state index >= 15 is 0 Å². The van der Waals surface area contributed by atoms with E-state index in [1.54, 1.807) is 0 Å². The maximum atomic E-state index is 11.1. The fourth-order valence-corrected chi connectivity index (χ4v) is 4.37. The quantitative estimate of drug-likeness (QED) is 0.108. The Hall–Kier alpha value is -1.89. The number of rotatable bonds is 25. The van der Waals surface area contributed by atoms with E-state index < -0.39 is 17.9 Å². The van der Waals surface area contributed by atoms with Gasteiger partial charge in [0, 0.05) is 12.4 Å². The lowest BCUT2D eigenvalue weighted by molar-refractivity contribution is -0.927. The van der Waals surface area contributed by atoms with Crippen LogP contribution in [0.4, 0.5) is 0 Å². The molecule has 0 fully saturated rings. The number of carboxylic acids is 3. The van der Waals surface area contributed by atoms with Gasteiger partial charge in [-0.25, -0.2) is 0 Å². The molecule has 0 unspecified atom stereocenters. The second-order valence-corrected chi connectivity index (χ2v) is 9.58. The van der Waals surface area contributed by atoms with Gasteiger partial charge in [-0.1, -0.05) is 76.9 Å². The summed E-state index contributed by atoms with van der Waals surface area (Å²) in [6.45, 7) is 3.54. The van der Waals surface area contributed by atoms with Gasteiger partial charge in [0.15, 0.2) is 0 Å². The summed E-state index contributed by atoms with van der Waals surface area (Å²) in [5, 5.41) is 29.2. The van der Waals surface area contributed by atoms with E-state index in [1.807, 2.05) is 0 Å². The average Bonchev–Trinajstić information content (AvgIpc) is 2.79. The topological polar surface area (TPSA) is 115 Å². The lowest BCUT2D eigenvalue weighted by Gasteiger charge is -2.38. The third-order valence-corrected chi connectivity index (χ3v) is 6.52. The molecule has 2 N–H and O–H groups in total. The van der Waals surface area contributed by atoms with Gasteiger partial charge in [-0.05, 0) is 32.1 Å². The predicted octanol–water partition coefficient (Wildman–Crippen LogP) is 4.93. The normalized spacial score (nSPS) is 11.8. The zero-order valence-electron chi connectivity index (χ0n) is 21.5. The van der Waals surface area contributed by atoms with Crippen molar-refractivity contribution in [3.8, 4) is 0 Å². The largest absolute Gasteiger partial charge is 0.550 e. The summed E-state index contributed by atoms with van der Waals surface area (Å²) in [5.74, 6) is -3.08. The van der Waals surface area contributed by atoms with Crippen LogP contribution in [-0.4, -0.2) is 58.8 Å². The van der Waals surface area contributed by atoms with E-state index in [-0.39, 0.29) is 43.4 Å². The van der Waals surface area contributed by atoms with Crippen molar-refractivity contribution in [2.24, 2.45) is 0 Å². The van der Waals surface area contributed by atoms with Gasteiger partial charge in [-0.3, -0.25) is 9.59 Å². The first kappa shape index (κ1) is 32.1. The highest BCUT2D eigenvalue weighted by molar-refractivity contribution is 5.67. The van der Waals surface area contributed by atoms with Crippen molar-refractivity contribution in [1.29, 1.82) is 0 Å². The number of hydrogen-bond donors (Lipinski definition) is 2. The van der Waals surface area contributed by atoms with Gasteiger partial charge >= 0.3 is 11.9 Å². The lowest BCUT2D eigenvalue weighted by Crippen LogP contribution is -2.53. The van der Waals surface area contributed by atoms with Crippen LogP contribution in [0.5, 0.6) is 0 Å². The maximum Gasteiger partial charge on any atom is 0.309 e. The summed E-state index contributed by atoms with van der Waals surface area (Å²) in [4.78, 5) is 33.2. The van der Waals surface area contributed by atoms with Crippen LogP contribution in [0.3, 0.4) is 0 Å². The zero-order valence-corrected chi connectivity index (χ0v) is 21.5. The van der Waals surface area contributed by atoms with Crippen molar-refractivity contribution in [3.05, 3.63) is 12.2 Å². The molecule has 0 aliphatic carbocycles. The number of carbonyl (C=O) groups excluding carboxylic acids is 1. The molecule has 0 atom stereocenters. The molecule has 7 nitrogen and oxygen atoms in total. The number of aliphatic carboxylic acids is 3. The van der Waals surface area contributed by atoms with Crippen molar-refractivity contribution in [2.75, 3.05) is 26.2 Å². The van der Waals surface area contributed by atoms with Gasteiger partial charge in [-0.15, -0.1) is 0 Å². The summed E-state index contributed by atoms with van der Waals surface area (Å²) in [6, 6.07) is 0. The molecule has 34 heavy (non-hydrogen) atoms. The molecule has 198 valence electrons. The zero-order chi connectivity index (χ0) is 25.5. The molecule has 0 aromatic carbocycles. The molecule has 0 spiro atoms. The minimum Gasteiger partial charge on any atom is -0.550 e. The summed E-state index contributed by atoms with van der Waals surface area (Å²) >= 11 is 0. The Balaban J connectivity index is 4.08. The van der Waals surface area contributed by atoms with Crippen LogP contribution in [0, 0.1) is 0 Å². The first-order valence-electron chi connectivity index (χ1n) is 13.4. The molecule has 0 amide bonds. The van der Waals surface area contributed by atoms with Gasteiger partial charge in [0.25, 0.3) is 0 Å². The Bertz CT molecular complexity index is 530. The monoisotopic (exact) mass is 483 g/mol. The molecule has 0 aliphatic rings. The van der Waals surface area contributed by atoms with Gasteiger partial charge in [0.1, 0.15) is 0 Å². The van der Waals surface area contributed by atoms with E-state index in [0.29, 0.717) is 6.54 Å². The second-order valence-electron chi connectivity index (χ2n) is 9.58. The fourth-order valence-electron chi connectivity index (χ4n) is 4.37. The molecule has 0 aliphatic heterocycles. The molecule has 0 aromatic rings. The van der Waals surface area contributed by atoms with Crippen LogP contribution in [-0.2, 0) is 14.4 Å². The number of carbonyl (C=O) groups is 3. The minimum absolute atomic E-state index is 0.0950. The van der Waals surface area contributed by atoms with Gasteiger partial charge < -0.3 is 24.6 Å². The van der Waals surface area contributed by atoms with Crippen molar-refractivity contribution in [3.63, 3.8) is 0 Å². The Labute approximate surface area is 206 Å². The van der Waals surface area contributed by atoms with Crippen LogP contribution < -0.4 is 5.11 Å². The Morgan fingerprint density at radius 1 is 0.618 bits per heavy atom. The molecule has 0 bridgehead atoms. The molecule has 0 saturated carbocycles. The SMILES string of the molecule is CCC/C=C/CCCCCCCCCCCCC[N+](CCC(=O)[O-])(CCC(=O)O)CCC(=O)O. The Kier molecular flexibility index (Phi) is 20.4. The first-order valence-corrected chi connectivity index (χ1v) is 13.4.